The second kappa shape index (κ2) is 4.65. The highest BCUT2D eigenvalue weighted by Crippen LogP contribution is 2.12. The van der Waals surface area contributed by atoms with Crippen LogP contribution in [0.5, 0.6) is 5.75 Å². The van der Waals surface area contributed by atoms with E-state index in [2.05, 4.69) is 18.2 Å². The number of phenolic OH excluding ortho intramolecular Hbond substituents is 1. The second-order valence-corrected chi connectivity index (χ2v) is 3.57. The molecule has 0 spiro atoms. The van der Waals surface area contributed by atoms with Crippen LogP contribution in [-0.2, 0) is 12.8 Å². The fraction of sp³-hybridized carbons (Fsp3) is 0.143. The Labute approximate surface area is 90.0 Å². The molecule has 1 heteroatoms. The van der Waals surface area contributed by atoms with Crippen molar-refractivity contribution in [2.24, 2.45) is 0 Å². The molecule has 0 aliphatic rings. The molecule has 0 unspecified atom stereocenters. The molecule has 0 aromatic heterocycles. The lowest BCUT2D eigenvalue weighted by Crippen LogP contribution is -1.90. The summed E-state index contributed by atoms with van der Waals surface area (Å²) < 4.78 is 0. The average Bonchev–Trinajstić information content (AvgIpc) is 2.30. The Morgan fingerprint density at radius 1 is 0.800 bits per heavy atom. The molecular formula is C14H13O. The largest absolute Gasteiger partial charge is 0.508 e. The van der Waals surface area contributed by atoms with Crippen molar-refractivity contribution >= 4 is 0 Å². The first-order valence-electron chi connectivity index (χ1n) is 5.07. The highest BCUT2D eigenvalue weighted by atomic mass is 16.3. The highest BCUT2D eigenvalue weighted by Gasteiger charge is 1.95. The van der Waals surface area contributed by atoms with E-state index in [9.17, 15) is 0 Å². The molecular weight excluding hydrogens is 184 g/mol. The van der Waals surface area contributed by atoms with Gasteiger partial charge in [0, 0.05) is 0 Å². The number of rotatable bonds is 3. The predicted molar refractivity (Wildman–Crippen MR) is 60.8 cm³/mol. The van der Waals surface area contributed by atoms with Crippen molar-refractivity contribution in [3.8, 4) is 5.75 Å². The Morgan fingerprint density at radius 3 is 1.93 bits per heavy atom. The predicted octanol–water partition coefficient (Wildman–Crippen LogP) is 2.98. The maximum atomic E-state index is 9.14. The minimum atomic E-state index is 0.327. The minimum Gasteiger partial charge on any atom is -0.508 e. The van der Waals surface area contributed by atoms with E-state index < -0.39 is 0 Å². The van der Waals surface area contributed by atoms with Crippen molar-refractivity contribution in [2.45, 2.75) is 12.8 Å². The molecule has 2 aromatic rings. The Morgan fingerprint density at radius 2 is 1.33 bits per heavy atom. The molecule has 0 saturated carbocycles. The van der Waals surface area contributed by atoms with Crippen LogP contribution in [0.2, 0.25) is 0 Å². The van der Waals surface area contributed by atoms with Crippen LogP contribution in [-0.4, -0.2) is 5.11 Å². The molecule has 0 fully saturated rings. The van der Waals surface area contributed by atoms with Gasteiger partial charge >= 0.3 is 0 Å². The molecule has 15 heavy (non-hydrogen) atoms. The zero-order chi connectivity index (χ0) is 10.5. The van der Waals surface area contributed by atoms with Crippen molar-refractivity contribution in [1.29, 1.82) is 0 Å². The quantitative estimate of drug-likeness (QED) is 0.802. The number of hydrogen-bond donors (Lipinski definition) is 1. The third kappa shape index (κ3) is 2.84. The van der Waals surface area contributed by atoms with Gasteiger partial charge in [-0.3, -0.25) is 0 Å². The van der Waals surface area contributed by atoms with Crippen LogP contribution in [0.1, 0.15) is 11.1 Å². The Balaban J connectivity index is 1.96. The molecule has 0 saturated heterocycles. The molecule has 0 amide bonds. The first-order valence-corrected chi connectivity index (χ1v) is 5.07. The normalized spacial score (nSPS) is 10.1. The van der Waals surface area contributed by atoms with Crippen molar-refractivity contribution in [3.05, 3.63) is 65.7 Å². The maximum absolute atomic E-state index is 9.14. The Hall–Kier alpha value is -1.76. The van der Waals surface area contributed by atoms with Gasteiger partial charge in [-0.25, -0.2) is 0 Å². The van der Waals surface area contributed by atoms with Crippen molar-refractivity contribution in [2.75, 3.05) is 0 Å². The van der Waals surface area contributed by atoms with Gasteiger partial charge in [0.2, 0.25) is 0 Å². The highest BCUT2D eigenvalue weighted by molar-refractivity contribution is 5.27. The van der Waals surface area contributed by atoms with Crippen LogP contribution >= 0.6 is 0 Å². The third-order valence-electron chi connectivity index (χ3n) is 2.43. The molecule has 1 nitrogen and oxygen atoms in total. The van der Waals surface area contributed by atoms with Gasteiger partial charge in [-0.2, -0.15) is 0 Å². The number of hydrogen-bond acceptors (Lipinski definition) is 1. The molecule has 75 valence electrons. The van der Waals surface area contributed by atoms with Crippen LogP contribution in [0.3, 0.4) is 0 Å². The second-order valence-electron chi connectivity index (χ2n) is 3.57. The zero-order valence-corrected chi connectivity index (χ0v) is 8.48. The first kappa shape index (κ1) is 9.78. The number of aromatic hydroxyl groups is 1. The summed E-state index contributed by atoms with van der Waals surface area (Å²) in [5.41, 5.74) is 2.57. The molecule has 0 heterocycles. The Bertz CT molecular complexity index is 403. The molecule has 0 aliphatic carbocycles. The molecule has 1 radical (unpaired) electrons. The molecule has 1 N–H and O–H groups in total. The van der Waals surface area contributed by atoms with Gasteiger partial charge in [0.15, 0.2) is 0 Å². The van der Waals surface area contributed by atoms with Crippen LogP contribution in [0.15, 0.2) is 48.5 Å². The maximum Gasteiger partial charge on any atom is 0.115 e. The summed E-state index contributed by atoms with van der Waals surface area (Å²) in [5.74, 6) is 0.327. The fourth-order valence-electron chi connectivity index (χ4n) is 1.54. The lowest BCUT2D eigenvalue weighted by molar-refractivity contribution is 0.475. The van der Waals surface area contributed by atoms with Crippen molar-refractivity contribution in [3.63, 3.8) is 0 Å². The standard InChI is InChI=1S/C14H13O/c15-14-10-8-13(9-11-14)7-6-12-4-2-1-3-5-12/h2-5,8-11,15H,6-7H2. The molecule has 0 bridgehead atoms. The van der Waals surface area contributed by atoms with E-state index in [1.54, 1.807) is 12.1 Å². The minimum absolute atomic E-state index is 0.327. The SMILES string of the molecule is Oc1ccc(CCc2cc[c]cc2)cc1. The number of phenols is 1. The summed E-state index contributed by atoms with van der Waals surface area (Å²) >= 11 is 0. The van der Waals surface area contributed by atoms with E-state index in [1.165, 1.54) is 11.1 Å². The molecule has 0 aliphatic heterocycles. The van der Waals surface area contributed by atoms with E-state index in [-0.39, 0.29) is 0 Å². The van der Waals surface area contributed by atoms with Crippen molar-refractivity contribution < 1.29 is 5.11 Å². The van der Waals surface area contributed by atoms with E-state index in [1.807, 2.05) is 24.3 Å². The lowest BCUT2D eigenvalue weighted by Gasteiger charge is -2.01. The van der Waals surface area contributed by atoms with Gasteiger partial charge in [-0.05, 0) is 42.2 Å². The van der Waals surface area contributed by atoms with Crippen LogP contribution in [0, 0.1) is 6.07 Å². The summed E-state index contributed by atoms with van der Waals surface area (Å²) in [6, 6.07) is 18.4. The summed E-state index contributed by atoms with van der Waals surface area (Å²) in [4.78, 5) is 0. The van der Waals surface area contributed by atoms with E-state index >= 15 is 0 Å². The molecule has 2 rings (SSSR count). The van der Waals surface area contributed by atoms with Crippen LogP contribution in [0.4, 0.5) is 0 Å². The van der Waals surface area contributed by atoms with Gasteiger partial charge in [0.1, 0.15) is 5.75 Å². The van der Waals surface area contributed by atoms with E-state index in [4.69, 9.17) is 5.11 Å². The van der Waals surface area contributed by atoms with E-state index in [0.717, 1.165) is 12.8 Å². The first-order chi connectivity index (χ1) is 7.34. The van der Waals surface area contributed by atoms with Crippen LogP contribution < -0.4 is 0 Å². The lowest BCUT2D eigenvalue weighted by atomic mass is 10.0. The summed E-state index contributed by atoms with van der Waals surface area (Å²) in [6.07, 6.45) is 2.03. The van der Waals surface area contributed by atoms with Crippen LogP contribution in [0.25, 0.3) is 0 Å². The summed E-state index contributed by atoms with van der Waals surface area (Å²) in [5, 5.41) is 9.14. The van der Waals surface area contributed by atoms with Gasteiger partial charge in [-0.1, -0.05) is 36.4 Å². The van der Waals surface area contributed by atoms with Gasteiger partial charge in [0.05, 0.1) is 0 Å². The summed E-state index contributed by atoms with van der Waals surface area (Å²) in [6.45, 7) is 0. The topological polar surface area (TPSA) is 20.2 Å². The molecule has 0 atom stereocenters. The number of benzene rings is 2. The van der Waals surface area contributed by atoms with Gasteiger partial charge in [0.25, 0.3) is 0 Å². The zero-order valence-electron chi connectivity index (χ0n) is 8.48. The Kier molecular flexibility index (Phi) is 3.03. The monoisotopic (exact) mass is 197 g/mol. The van der Waals surface area contributed by atoms with Crippen molar-refractivity contribution in [1.82, 2.24) is 0 Å². The fourth-order valence-corrected chi connectivity index (χ4v) is 1.54. The smallest absolute Gasteiger partial charge is 0.115 e. The molecule has 2 aromatic carbocycles. The average molecular weight is 197 g/mol. The summed E-state index contributed by atoms with van der Waals surface area (Å²) in [7, 11) is 0. The third-order valence-corrected chi connectivity index (χ3v) is 2.43. The number of aryl methyl sites for hydroxylation is 2. The van der Waals surface area contributed by atoms with E-state index in [0.29, 0.717) is 5.75 Å². The van der Waals surface area contributed by atoms with Gasteiger partial charge in [-0.15, -0.1) is 0 Å². The van der Waals surface area contributed by atoms with Gasteiger partial charge < -0.3 is 5.11 Å².